The molecule has 0 spiro atoms. The molecule has 2 atom stereocenters. The van der Waals surface area contributed by atoms with Crippen LogP contribution in [0.4, 0.5) is 25.8 Å². The van der Waals surface area contributed by atoms with Gasteiger partial charge in [-0.2, -0.15) is 0 Å². The number of piperidine rings is 2. The van der Waals surface area contributed by atoms with Gasteiger partial charge in [0, 0.05) is 86.7 Å². The first kappa shape index (κ1) is 39.3. The van der Waals surface area contributed by atoms with Crippen molar-refractivity contribution in [1.29, 1.82) is 0 Å². The zero-order valence-corrected chi connectivity index (χ0v) is 32.8. The van der Waals surface area contributed by atoms with E-state index in [2.05, 4.69) is 58.4 Å². The number of rotatable bonds is 10. The molecule has 306 valence electrons. The van der Waals surface area contributed by atoms with Crippen LogP contribution in [0.2, 0.25) is 0 Å². The Balaban J connectivity index is 0.733. The third-order valence-electron chi connectivity index (χ3n) is 12.9. The van der Waals surface area contributed by atoms with Gasteiger partial charge in [-0.05, 0) is 107 Å². The van der Waals surface area contributed by atoms with Gasteiger partial charge >= 0.3 is 0 Å². The number of nitrogens with zero attached hydrogens (tertiary/aromatic N) is 4. The van der Waals surface area contributed by atoms with Gasteiger partial charge in [-0.1, -0.05) is 12.1 Å². The fraction of sp³-hybridized carbons (Fsp3) is 0.581. The largest absolute Gasteiger partial charge is 0.374 e. The molecule has 6 aliphatic rings. The molecule has 14 heteroatoms. The fourth-order valence-electron chi connectivity index (χ4n) is 9.63. The molecule has 8 rings (SSSR count). The lowest BCUT2D eigenvalue weighted by molar-refractivity contribution is -0.133. The van der Waals surface area contributed by atoms with E-state index in [0.29, 0.717) is 29.5 Å². The van der Waals surface area contributed by atoms with Crippen LogP contribution in [0.3, 0.4) is 0 Å². The van der Waals surface area contributed by atoms with Gasteiger partial charge in [0.15, 0.2) is 12.1 Å². The Morgan fingerprint density at radius 1 is 0.789 bits per heavy atom. The van der Waals surface area contributed by atoms with Crippen LogP contribution in [0, 0.1) is 11.7 Å². The minimum atomic E-state index is -0.554. The standard InChI is InChI=1S/C43H57F2N9O3/c44-35-26-32(47-37-16-18-39(55)50-42(37)57)13-17-38(35)54-23-21-53(22-24-54)33-14-7-28(8-15-33)41(56)48-30-9-11-31(12-10-30)49-43-46-27-36(45)40(51-43)29-5-4-6-34(25-29)52-19-2-1-3-20-52/h4-6,13,17,25-28,30-31,33,37,43,47,49,51H,1-3,7-12,14-16,18-24H2,(H,48,56)(H,50,55,57). The number of allylic oxidation sites excluding steroid dienone is 1. The molecule has 2 saturated carbocycles. The maximum Gasteiger partial charge on any atom is 0.249 e. The summed E-state index contributed by atoms with van der Waals surface area (Å²) in [5.74, 6) is -1.14. The summed E-state index contributed by atoms with van der Waals surface area (Å²) in [5.41, 5.74) is 3.51. The van der Waals surface area contributed by atoms with E-state index >= 15 is 8.78 Å². The molecule has 12 nitrogen and oxygen atoms in total. The topological polar surface area (TPSA) is 133 Å². The van der Waals surface area contributed by atoms with Crippen molar-refractivity contribution in [1.82, 2.24) is 26.2 Å². The summed E-state index contributed by atoms with van der Waals surface area (Å²) in [4.78, 5) is 48.3. The lowest BCUT2D eigenvalue weighted by Crippen LogP contribution is -2.52. The number of carbonyl (C=O) groups excluding carboxylic acids is 3. The Hall–Kier alpha value is -4.56. The maximum absolute atomic E-state index is 15.2. The second-order valence-corrected chi connectivity index (χ2v) is 16.7. The van der Waals surface area contributed by atoms with E-state index in [4.69, 9.17) is 0 Å². The van der Waals surface area contributed by atoms with Crippen LogP contribution < -0.4 is 36.4 Å². The van der Waals surface area contributed by atoms with Crippen LogP contribution >= 0.6 is 0 Å². The predicted octanol–water partition coefficient (Wildman–Crippen LogP) is 5.03. The van der Waals surface area contributed by atoms with Gasteiger partial charge in [0.2, 0.25) is 17.7 Å². The summed E-state index contributed by atoms with van der Waals surface area (Å²) in [7, 11) is 0. The molecule has 2 aliphatic carbocycles. The van der Waals surface area contributed by atoms with Crippen LogP contribution in [0.5, 0.6) is 0 Å². The molecule has 5 fully saturated rings. The number of hydrogen-bond donors (Lipinski definition) is 5. The number of piperazine rings is 1. The number of benzene rings is 2. The summed E-state index contributed by atoms with van der Waals surface area (Å²) in [5, 5.41) is 15.6. The lowest BCUT2D eigenvalue weighted by Gasteiger charge is -2.42. The number of nitrogens with one attached hydrogen (secondary N) is 5. The number of carbonyl (C=O) groups is 3. The summed E-state index contributed by atoms with van der Waals surface area (Å²) in [6, 6.07) is 13.4. The summed E-state index contributed by atoms with van der Waals surface area (Å²) in [6.07, 6.45) is 12.6. The van der Waals surface area contributed by atoms with Crippen molar-refractivity contribution >= 4 is 46.7 Å². The molecule has 0 bridgehead atoms. The number of anilines is 3. The molecule has 2 aromatic carbocycles. The van der Waals surface area contributed by atoms with E-state index in [9.17, 15) is 14.4 Å². The number of aliphatic imine (C=N–C) groups is 1. The Morgan fingerprint density at radius 2 is 1.54 bits per heavy atom. The van der Waals surface area contributed by atoms with E-state index < -0.39 is 12.3 Å². The average molecular weight is 786 g/mol. The molecule has 2 unspecified atom stereocenters. The van der Waals surface area contributed by atoms with Crippen molar-refractivity contribution in [2.75, 3.05) is 54.4 Å². The molecule has 57 heavy (non-hydrogen) atoms. The fourth-order valence-corrected chi connectivity index (χ4v) is 9.63. The molecular formula is C43H57F2N9O3. The van der Waals surface area contributed by atoms with Crippen molar-refractivity contribution in [3.05, 3.63) is 59.7 Å². The minimum Gasteiger partial charge on any atom is -0.374 e. The first-order valence-corrected chi connectivity index (χ1v) is 21.3. The van der Waals surface area contributed by atoms with Gasteiger partial charge in [0.05, 0.1) is 17.6 Å². The van der Waals surface area contributed by atoms with Crippen molar-refractivity contribution in [3.8, 4) is 0 Å². The van der Waals surface area contributed by atoms with Gasteiger partial charge in [0.25, 0.3) is 0 Å². The monoisotopic (exact) mass is 785 g/mol. The van der Waals surface area contributed by atoms with Crippen molar-refractivity contribution < 1.29 is 23.2 Å². The van der Waals surface area contributed by atoms with E-state index in [0.717, 1.165) is 102 Å². The second-order valence-electron chi connectivity index (χ2n) is 16.7. The molecule has 3 amide bonds. The van der Waals surface area contributed by atoms with E-state index in [1.165, 1.54) is 31.5 Å². The SMILES string of the molecule is O=C1CCC(Nc2ccc(N3CCN(C4CCC(C(=O)NC5CCC(NC6N=CC(F)=C(c7cccc(N8CCCCC8)c7)N6)CC5)CC4)CC3)c(F)c2)C(=O)N1. The van der Waals surface area contributed by atoms with Crippen molar-refractivity contribution in [3.63, 3.8) is 0 Å². The second kappa shape index (κ2) is 17.9. The maximum atomic E-state index is 15.2. The first-order valence-electron chi connectivity index (χ1n) is 21.3. The molecular weight excluding hydrogens is 729 g/mol. The smallest absolute Gasteiger partial charge is 0.249 e. The van der Waals surface area contributed by atoms with E-state index in [1.807, 2.05) is 12.1 Å². The van der Waals surface area contributed by atoms with Crippen LogP contribution in [0.15, 0.2) is 53.3 Å². The Kier molecular flexibility index (Phi) is 12.4. The molecule has 3 saturated heterocycles. The summed E-state index contributed by atoms with van der Waals surface area (Å²) in [6.45, 7) is 5.20. The van der Waals surface area contributed by atoms with Gasteiger partial charge in [-0.3, -0.25) is 34.9 Å². The molecule has 0 radical (unpaired) electrons. The third kappa shape index (κ3) is 9.60. The average Bonchev–Trinajstić information content (AvgIpc) is 3.24. The van der Waals surface area contributed by atoms with Crippen LogP contribution in [-0.4, -0.2) is 98.6 Å². The molecule has 5 N–H and O–H groups in total. The highest BCUT2D eigenvalue weighted by Gasteiger charge is 2.34. The highest BCUT2D eigenvalue weighted by Crippen LogP contribution is 2.32. The number of amides is 3. The van der Waals surface area contributed by atoms with Gasteiger partial charge in [-0.25, -0.2) is 8.78 Å². The van der Waals surface area contributed by atoms with Gasteiger partial charge < -0.3 is 25.8 Å². The molecule has 0 aromatic heterocycles. The normalized spacial score (nSPS) is 28.8. The molecule has 2 aromatic rings. The predicted molar refractivity (Wildman–Crippen MR) is 219 cm³/mol. The van der Waals surface area contributed by atoms with Crippen LogP contribution in [0.1, 0.15) is 89.0 Å². The quantitative estimate of drug-likeness (QED) is 0.211. The third-order valence-corrected chi connectivity index (χ3v) is 12.9. The molecule has 4 heterocycles. The van der Waals surface area contributed by atoms with Gasteiger partial charge in [0.1, 0.15) is 11.9 Å². The van der Waals surface area contributed by atoms with Crippen molar-refractivity contribution in [2.24, 2.45) is 10.9 Å². The number of imide groups is 1. The Bertz CT molecular complexity index is 1830. The van der Waals surface area contributed by atoms with Crippen LogP contribution in [0.25, 0.3) is 5.70 Å². The lowest BCUT2D eigenvalue weighted by atomic mass is 9.83. The van der Waals surface area contributed by atoms with Crippen LogP contribution in [-0.2, 0) is 14.4 Å². The number of hydrogen-bond acceptors (Lipinski definition) is 10. The van der Waals surface area contributed by atoms with E-state index in [-0.39, 0.29) is 53.8 Å². The van der Waals surface area contributed by atoms with Gasteiger partial charge in [-0.15, -0.1) is 0 Å². The van der Waals surface area contributed by atoms with E-state index in [1.54, 1.807) is 12.1 Å². The Labute approximate surface area is 334 Å². The highest BCUT2D eigenvalue weighted by molar-refractivity contribution is 6.01. The Morgan fingerprint density at radius 3 is 2.28 bits per heavy atom. The highest BCUT2D eigenvalue weighted by atomic mass is 19.1. The molecule has 4 aliphatic heterocycles. The zero-order valence-electron chi connectivity index (χ0n) is 32.8. The van der Waals surface area contributed by atoms with Crippen molar-refractivity contribution in [2.45, 2.75) is 114 Å². The summed E-state index contributed by atoms with van der Waals surface area (Å²) >= 11 is 0. The first-order chi connectivity index (χ1) is 27.8. The zero-order chi connectivity index (χ0) is 39.3. The summed E-state index contributed by atoms with van der Waals surface area (Å²) < 4.78 is 30.2. The number of halogens is 2. The minimum absolute atomic E-state index is 0.0362.